The van der Waals surface area contributed by atoms with Crippen molar-refractivity contribution in [3.63, 3.8) is 0 Å². The number of carbonyl (C=O) groups is 1. The molecule has 0 unspecified atom stereocenters. The number of nitrogens with one attached hydrogen (secondary N) is 1. The lowest BCUT2D eigenvalue weighted by atomic mass is 9.99. The van der Waals surface area contributed by atoms with Crippen LogP contribution in [0.1, 0.15) is 32.3 Å². The molecule has 2 heterocycles. The van der Waals surface area contributed by atoms with Crippen LogP contribution in [-0.2, 0) is 20.6 Å². The van der Waals surface area contributed by atoms with Gasteiger partial charge in [-0.1, -0.05) is 60.7 Å². The molecule has 1 aliphatic rings. The molecule has 3 rings (SSSR count). The van der Waals surface area contributed by atoms with Gasteiger partial charge in [-0.25, -0.2) is 12.7 Å². The zero-order valence-corrected chi connectivity index (χ0v) is 19.4. The highest BCUT2D eigenvalue weighted by atomic mass is 35.5. The Labute approximate surface area is 184 Å². The van der Waals surface area contributed by atoms with E-state index in [1.807, 2.05) is 0 Å². The highest BCUT2D eigenvalue weighted by molar-refractivity contribution is 8.01. The van der Waals surface area contributed by atoms with Crippen molar-refractivity contribution < 1.29 is 13.2 Å². The van der Waals surface area contributed by atoms with Crippen LogP contribution < -0.4 is 5.32 Å². The molecule has 1 aliphatic heterocycles. The summed E-state index contributed by atoms with van der Waals surface area (Å²) in [5.41, 5.74) is 0.633. The molecule has 1 N–H and O–H groups in total. The van der Waals surface area contributed by atoms with Gasteiger partial charge in [0.15, 0.2) is 4.34 Å². The largest absolute Gasteiger partial charge is 0.300 e. The molecule has 1 fully saturated rings. The fraction of sp³-hybridized carbons (Fsp3) is 0.500. The van der Waals surface area contributed by atoms with Crippen molar-refractivity contribution in [3.8, 4) is 0 Å². The standard InChI is InChI=1S/C18H23ClN4O3S3/c1-12(2)27-18-22-21-17(28-18)20-16(24)14-6-4-8-23(10-14)29(25,26)11-13-5-3-7-15(19)9-13/h3,5,7,9,12,14H,4,6,8,10-11H2,1-2H3,(H,20,21,24)/t14-/m0/s1. The summed E-state index contributed by atoms with van der Waals surface area (Å²) in [6, 6.07) is 6.82. The van der Waals surface area contributed by atoms with Gasteiger partial charge in [-0.05, 0) is 30.5 Å². The molecule has 0 spiro atoms. The molecule has 0 bridgehead atoms. The summed E-state index contributed by atoms with van der Waals surface area (Å²) in [6.07, 6.45) is 1.28. The normalized spacial score (nSPS) is 18.1. The average Bonchev–Trinajstić information content (AvgIpc) is 3.07. The molecule has 158 valence electrons. The summed E-state index contributed by atoms with van der Waals surface area (Å²) in [5.74, 6) is -0.762. The van der Waals surface area contributed by atoms with Crippen LogP contribution in [-0.4, -0.2) is 47.2 Å². The Bertz CT molecular complexity index is 965. The first kappa shape index (κ1) is 22.5. The van der Waals surface area contributed by atoms with E-state index in [2.05, 4.69) is 29.4 Å². The van der Waals surface area contributed by atoms with Gasteiger partial charge in [-0.15, -0.1) is 10.2 Å². The zero-order chi connectivity index (χ0) is 21.0. The van der Waals surface area contributed by atoms with Crippen LogP contribution in [0.15, 0.2) is 28.6 Å². The number of halogens is 1. The Balaban J connectivity index is 1.62. The minimum absolute atomic E-state index is 0.131. The highest BCUT2D eigenvalue weighted by Crippen LogP contribution is 2.29. The number of benzene rings is 1. The number of anilines is 1. The third-order valence-corrected chi connectivity index (χ3v) is 8.34. The number of sulfonamides is 1. The molecule has 11 heteroatoms. The van der Waals surface area contributed by atoms with Gasteiger partial charge in [0, 0.05) is 23.4 Å². The topological polar surface area (TPSA) is 92.3 Å². The maximum absolute atomic E-state index is 12.8. The van der Waals surface area contributed by atoms with Gasteiger partial charge in [0.2, 0.25) is 21.1 Å². The number of hydrogen-bond acceptors (Lipinski definition) is 7. The molecule has 1 aromatic heterocycles. The number of amides is 1. The molecule has 2 aromatic rings. The predicted octanol–water partition coefficient (Wildman–Crippen LogP) is 3.87. The third kappa shape index (κ3) is 6.39. The van der Waals surface area contributed by atoms with Gasteiger partial charge >= 0.3 is 0 Å². The summed E-state index contributed by atoms with van der Waals surface area (Å²) in [7, 11) is -3.54. The van der Waals surface area contributed by atoms with E-state index in [9.17, 15) is 13.2 Å². The smallest absolute Gasteiger partial charge is 0.230 e. The number of hydrogen-bond donors (Lipinski definition) is 1. The summed E-state index contributed by atoms with van der Waals surface area (Å²) in [4.78, 5) is 12.7. The summed E-state index contributed by atoms with van der Waals surface area (Å²) in [5, 5.41) is 12.2. The van der Waals surface area contributed by atoms with Crippen molar-refractivity contribution in [3.05, 3.63) is 34.9 Å². The lowest BCUT2D eigenvalue weighted by Crippen LogP contribution is -2.44. The minimum Gasteiger partial charge on any atom is -0.300 e. The fourth-order valence-corrected chi connectivity index (χ4v) is 6.84. The van der Waals surface area contributed by atoms with Crippen LogP contribution in [0.5, 0.6) is 0 Å². The van der Waals surface area contributed by atoms with E-state index in [0.29, 0.717) is 40.4 Å². The van der Waals surface area contributed by atoms with E-state index in [1.165, 1.54) is 15.6 Å². The quantitative estimate of drug-likeness (QED) is 0.483. The van der Waals surface area contributed by atoms with Gasteiger partial charge in [0.25, 0.3) is 0 Å². The SMILES string of the molecule is CC(C)Sc1nnc(NC(=O)[C@H]2CCCN(S(=O)(=O)Cc3cccc(Cl)c3)C2)s1. The van der Waals surface area contributed by atoms with Crippen LogP contribution in [0, 0.1) is 5.92 Å². The average molecular weight is 475 g/mol. The van der Waals surface area contributed by atoms with E-state index in [1.54, 1.807) is 36.0 Å². The lowest BCUT2D eigenvalue weighted by molar-refractivity contribution is -0.120. The van der Waals surface area contributed by atoms with Crippen molar-refractivity contribution in [1.82, 2.24) is 14.5 Å². The number of piperidine rings is 1. The Morgan fingerprint density at radius 2 is 2.21 bits per heavy atom. The van der Waals surface area contributed by atoms with Gasteiger partial charge < -0.3 is 5.32 Å². The van der Waals surface area contributed by atoms with Gasteiger partial charge in [-0.2, -0.15) is 0 Å². The minimum atomic E-state index is -3.54. The second-order valence-corrected chi connectivity index (χ2v) is 12.3. The summed E-state index contributed by atoms with van der Waals surface area (Å²) < 4.78 is 27.9. The monoisotopic (exact) mass is 474 g/mol. The van der Waals surface area contributed by atoms with Crippen molar-refractivity contribution in [2.45, 2.75) is 42.0 Å². The molecular formula is C18H23ClN4O3S3. The maximum Gasteiger partial charge on any atom is 0.230 e. The second kappa shape index (κ2) is 9.74. The lowest BCUT2D eigenvalue weighted by Gasteiger charge is -2.31. The Morgan fingerprint density at radius 3 is 2.93 bits per heavy atom. The number of thioether (sulfide) groups is 1. The van der Waals surface area contributed by atoms with E-state index in [-0.39, 0.29) is 18.2 Å². The number of rotatable bonds is 7. The van der Waals surface area contributed by atoms with Crippen LogP contribution in [0.4, 0.5) is 5.13 Å². The van der Waals surface area contributed by atoms with Gasteiger partial charge in [0.1, 0.15) is 0 Å². The van der Waals surface area contributed by atoms with Crippen LogP contribution >= 0.6 is 34.7 Å². The Kier molecular flexibility index (Phi) is 7.55. The molecule has 1 atom stereocenters. The van der Waals surface area contributed by atoms with Gasteiger partial charge in [0.05, 0.1) is 11.7 Å². The molecule has 0 aliphatic carbocycles. The van der Waals surface area contributed by atoms with E-state index < -0.39 is 15.9 Å². The van der Waals surface area contributed by atoms with Crippen molar-refractivity contribution in [2.75, 3.05) is 18.4 Å². The fourth-order valence-electron chi connectivity index (χ4n) is 3.05. The molecule has 0 radical (unpaired) electrons. The molecular weight excluding hydrogens is 452 g/mol. The van der Waals surface area contributed by atoms with Crippen LogP contribution in [0.25, 0.3) is 0 Å². The number of aromatic nitrogens is 2. The first-order chi connectivity index (χ1) is 13.7. The molecule has 1 saturated heterocycles. The van der Waals surface area contributed by atoms with E-state index in [0.717, 1.165) is 4.34 Å². The molecule has 1 aromatic carbocycles. The number of nitrogens with zero attached hydrogens (tertiary/aromatic N) is 3. The molecule has 0 saturated carbocycles. The van der Waals surface area contributed by atoms with Crippen molar-refractivity contribution in [1.29, 1.82) is 0 Å². The van der Waals surface area contributed by atoms with E-state index in [4.69, 9.17) is 11.6 Å². The number of carbonyl (C=O) groups excluding carboxylic acids is 1. The first-order valence-electron chi connectivity index (χ1n) is 9.26. The van der Waals surface area contributed by atoms with E-state index >= 15 is 0 Å². The Hall–Kier alpha value is -1.20. The maximum atomic E-state index is 12.8. The van der Waals surface area contributed by atoms with Gasteiger partial charge in [-0.3, -0.25) is 4.79 Å². The third-order valence-electron chi connectivity index (χ3n) is 4.36. The highest BCUT2D eigenvalue weighted by Gasteiger charge is 2.32. The summed E-state index contributed by atoms with van der Waals surface area (Å²) >= 11 is 8.87. The molecule has 7 nitrogen and oxygen atoms in total. The van der Waals surface area contributed by atoms with Crippen LogP contribution in [0.2, 0.25) is 5.02 Å². The predicted molar refractivity (Wildman–Crippen MR) is 118 cm³/mol. The molecule has 29 heavy (non-hydrogen) atoms. The van der Waals surface area contributed by atoms with Crippen molar-refractivity contribution in [2.24, 2.45) is 5.92 Å². The summed E-state index contributed by atoms with van der Waals surface area (Å²) in [6.45, 7) is 4.71. The first-order valence-corrected chi connectivity index (χ1v) is 12.9. The second-order valence-electron chi connectivity index (χ2n) is 7.11. The molecule has 1 amide bonds. The Morgan fingerprint density at radius 1 is 1.41 bits per heavy atom. The zero-order valence-electron chi connectivity index (χ0n) is 16.2. The van der Waals surface area contributed by atoms with Crippen LogP contribution in [0.3, 0.4) is 0 Å². The van der Waals surface area contributed by atoms with Crippen molar-refractivity contribution >= 4 is 55.8 Å².